The van der Waals surface area contributed by atoms with Gasteiger partial charge in [0.1, 0.15) is 24.7 Å². The lowest BCUT2D eigenvalue weighted by Gasteiger charge is -2.24. The maximum absolute atomic E-state index is 13.7. The smallest absolute Gasteiger partial charge is 0.407 e. The molecule has 254 valence electrons. The Morgan fingerprint density at radius 2 is 1.20 bits per heavy atom. The van der Waals surface area contributed by atoms with E-state index < -0.39 is 42.0 Å². The first-order chi connectivity index (χ1) is 23.8. The van der Waals surface area contributed by atoms with Crippen molar-refractivity contribution in [1.82, 2.24) is 16.0 Å². The summed E-state index contributed by atoms with van der Waals surface area (Å²) < 4.78 is 11.5. The first-order valence-electron chi connectivity index (χ1n) is 16.4. The van der Waals surface area contributed by atoms with E-state index >= 15 is 0 Å². The Morgan fingerprint density at radius 3 is 1.80 bits per heavy atom. The highest BCUT2D eigenvalue weighted by Crippen LogP contribution is 2.44. The second-order valence-electron chi connectivity index (χ2n) is 12.0. The number of ether oxygens (including phenoxy) is 2. The summed E-state index contributed by atoms with van der Waals surface area (Å²) in [5.41, 5.74) is 5.91. The van der Waals surface area contributed by atoms with Crippen molar-refractivity contribution in [2.75, 3.05) is 13.2 Å². The molecule has 0 saturated heterocycles. The average Bonchev–Trinajstić information content (AvgIpc) is 3.44. The summed E-state index contributed by atoms with van der Waals surface area (Å²) >= 11 is 0. The zero-order valence-corrected chi connectivity index (χ0v) is 27.3. The number of carboxylic acids is 1. The van der Waals surface area contributed by atoms with Crippen LogP contribution in [0.2, 0.25) is 0 Å². The summed E-state index contributed by atoms with van der Waals surface area (Å²) in [7, 11) is 0. The second kappa shape index (κ2) is 17.1. The minimum Gasteiger partial charge on any atom is -0.480 e. The van der Waals surface area contributed by atoms with Gasteiger partial charge in [-0.25, -0.2) is 9.59 Å². The highest BCUT2D eigenvalue weighted by Gasteiger charge is 2.32. The van der Waals surface area contributed by atoms with Crippen molar-refractivity contribution in [3.63, 3.8) is 0 Å². The van der Waals surface area contributed by atoms with Gasteiger partial charge in [-0.15, -0.1) is 0 Å². The molecule has 0 saturated carbocycles. The van der Waals surface area contributed by atoms with Gasteiger partial charge in [0.15, 0.2) is 0 Å². The molecular formula is C39H41N3O7. The van der Waals surface area contributed by atoms with Gasteiger partial charge in [0, 0.05) is 12.3 Å². The van der Waals surface area contributed by atoms with Crippen molar-refractivity contribution < 1.29 is 33.8 Å². The zero-order chi connectivity index (χ0) is 34.6. The number of benzene rings is 4. The molecule has 0 spiro atoms. The molecule has 0 bridgehead atoms. The third-order valence-electron chi connectivity index (χ3n) is 8.46. The molecule has 10 nitrogen and oxygen atoms in total. The van der Waals surface area contributed by atoms with Gasteiger partial charge in [-0.2, -0.15) is 0 Å². The topological polar surface area (TPSA) is 143 Å². The van der Waals surface area contributed by atoms with E-state index in [1.165, 1.54) is 0 Å². The highest BCUT2D eigenvalue weighted by molar-refractivity contribution is 5.93. The predicted octanol–water partition coefficient (Wildman–Crippen LogP) is 5.21. The molecule has 4 aromatic carbocycles. The molecule has 0 aromatic heterocycles. The van der Waals surface area contributed by atoms with Gasteiger partial charge in [-0.1, -0.05) is 123 Å². The minimum absolute atomic E-state index is 0.0535. The minimum atomic E-state index is -1.20. The number of hydrogen-bond donors (Lipinski definition) is 4. The Bertz CT molecular complexity index is 1690. The molecule has 0 radical (unpaired) electrons. The van der Waals surface area contributed by atoms with E-state index in [2.05, 4.69) is 16.0 Å². The van der Waals surface area contributed by atoms with E-state index in [4.69, 9.17) is 9.47 Å². The van der Waals surface area contributed by atoms with Crippen LogP contribution in [-0.2, 0) is 36.9 Å². The summed E-state index contributed by atoms with van der Waals surface area (Å²) in [6.45, 7) is 1.89. The summed E-state index contributed by atoms with van der Waals surface area (Å²) in [6, 6.07) is 30.9. The largest absolute Gasteiger partial charge is 0.480 e. The molecule has 49 heavy (non-hydrogen) atoms. The Morgan fingerprint density at radius 1 is 0.673 bits per heavy atom. The number of carboxylic acid groups (broad SMARTS) is 1. The Hall–Kier alpha value is -5.48. The molecule has 0 unspecified atom stereocenters. The van der Waals surface area contributed by atoms with Gasteiger partial charge in [0.05, 0.1) is 13.2 Å². The van der Waals surface area contributed by atoms with Gasteiger partial charge in [0.25, 0.3) is 0 Å². The van der Waals surface area contributed by atoms with Crippen LogP contribution in [0.5, 0.6) is 0 Å². The monoisotopic (exact) mass is 663 g/mol. The number of carbonyl (C=O) groups is 4. The standard InChI is InChI=1S/C39H41N3O7/c1-2-13-33(36(43)41-34(38(45)46)22-26-14-5-3-6-15-26)40-37(44)35(25-48-23-27-16-7-4-8-17-27)42-39(47)49-24-32-30-20-11-9-18-28(30)29-19-10-12-21-31(29)32/h3-12,14-21,32-35H,2,13,22-25H2,1H3,(H,40,44)(H,41,43)(H,42,47)(H,45,46)/t33-,34-,35-/m0/s1. The van der Waals surface area contributed by atoms with E-state index in [9.17, 15) is 24.3 Å². The number of rotatable bonds is 16. The summed E-state index contributed by atoms with van der Waals surface area (Å²) in [5.74, 6) is -2.66. The molecule has 1 aliphatic rings. The van der Waals surface area contributed by atoms with E-state index in [1.54, 1.807) is 24.3 Å². The van der Waals surface area contributed by atoms with Crippen molar-refractivity contribution in [3.05, 3.63) is 131 Å². The average molecular weight is 664 g/mol. The molecule has 4 N–H and O–H groups in total. The third kappa shape index (κ3) is 9.33. The van der Waals surface area contributed by atoms with E-state index in [1.807, 2.05) is 91.9 Å². The number of carbonyl (C=O) groups excluding carboxylic acids is 3. The van der Waals surface area contributed by atoms with Gasteiger partial charge in [-0.05, 0) is 39.8 Å². The number of aliphatic carboxylic acids is 1. The van der Waals surface area contributed by atoms with E-state index in [0.717, 1.165) is 33.4 Å². The molecule has 5 rings (SSSR count). The third-order valence-corrected chi connectivity index (χ3v) is 8.46. The molecule has 4 aromatic rings. The number of hydrogen-bond acceptors (Lipinski definition) is 6. The van der Waals surface area contributed by atoms with Crippen LogP contribution in [0.1, 0.15) is 47.9 Å². The van der Waals surface area contributed by atoms with Crippen LogP contribution in [0.15, 0.2) is 109 Å². The lowest BCUT2D eigenvalue weighted by atomic mass is 9.98. The van der Waals surface area contributed by atoms with Crippen molar-refractivity contribution in [3.8, 4) is 11.1 Å². The fourth-order valence-electron chi connectivity index (χ4n) is 5.99. The molecular weight excluding hydrogens is 622 g/mol. The first kappa shape index (κ1) is 34.8. The molecule has 0 aliphatic heterocycles. The van der Waals surface area contributed by atoms with Gasteiger partial charge >= 0.3 is 12.1 Å². The summed E-state index contributed by atoms with van der Waals surface area (Å²) in [5, 5.41) is 17.7. The van der Waals surface area contributed by atoms with Crippen molar-refractivity contribution in [1.29, 1.82) is 0 Å². The van der Waals surface area contributed by atoms with E-state index in [0.29, 0.717) is 6.42 Å². The maximum Gasteiger partial charge on any atom is 0.407 e. The van der Waals surface area contributed by atoms with Crippen molar-refractivity contribution in [2.24, 2.45) is 0 Å². The Labute approximate surface area is 285 Å². The maximum atomic E-state index is 13.7. The van der Waals surface area contributed by atoms with Gasteiger partial charge in [0.2, 0.25) is 11.8 Å². The normalized spacial score (nSPS) is 13.7. The van der Waals surface area contributed by atoms with Crippen LogP contribution < -0.4 is 16.0 Å². The molecule has 3 amide bonds. The first-order valence-corrected chi connectivity index (χ1v) is 16.4. The number of alkyl carbamates (subject to hydrolysis) is 1. The zero-order valence-electron chi connectivity index (χ0n) is 27.3. The molecule has 10 heteroatoms. The van der Waals surface area contributed by atoms with Crippen LogP contribution in [0.25, 0.3) is 11.1 Å². The molecule has 3 atom stereocenters. The quantitative estimate of drug-likeness (QED) is 0.129. The molecule has 0 fully saturated rings. The predicted molar refractivity (Wildman–Crippen MR) is 185 cm³/mol. The fourth-order valence-corrected chi connectivity index (χ4v) is 5.99. The van der Waals surface area contributed by atoms with Gasteiger partial charge in [-0.3, -0.25) is 9.59 Å². The van der Waals surface area contributed by atoms with Crippen LogP contribution in [0.3, 0.4) is 0 Å². The molecule has 1 aliphatic carbocycles. The van der Waals surface area contributed by atoms with E-state index in [-0.39, 0.29) is 38.6 Å². The fraction of sp³-hybridized carbons (Fsp3) is 0.282. The molecule has 0 heterocycles. The Balaban J connectivity index is 1.25. The number of amides is 3. The highest BCUT2D eigenvalue weighted by atomic mass is 16.5. The second-order valence-corrected chi connectivity index (χ2v) is 12.0. The van der Waals surface area contributed by atoms with Crippen molar-refractivity contribution >= 4 is 23.9 Å². The number of fused-ring (bicyclic) bond motifs is 3. The lowest BCUT2D eigenvalue weighted by molar-refractivity contribution is -0.142. The van der Waals surface area contributed by atoms with Crippen molar-refractivity contribution in [2.45, 2.75) is 56.8 Å². The summed E-state index contributed by atoms with van der Waals surface area (Å²) in [4.78, 5) is 52.2. The number of nitrogens with one attached hydrogen (secondary N) is 3. The van der Waals surface area contributed by atoms with Crippen LogP contribution in [0, 0.1) is 0 Å². The van der Waals surface area contributed by atoms with Crippen LogP contribution in [0.4, 0.5) is 4.79 Å². The van der Waals surface area contributed by atoms with Crippen LogP contribution in [-0.4, -0.2) is 60.3 Å². The SMILES string of the molecule is CCC[C@H](NC(=O)[C@H](COCc1ccccc1)NC(=O)OCC1c2ccccc2-c2ccccc21)C(=O)N[C@@H](Cc1ccccc1)C(=O)O. The van der Waals surface area contributed by atoms with Crippen LogP contribution >= 0.6 is 0 Å². The van der Waals surface area contributed by atoms with Gasteiger partial charge < -0.3 is 30.5 Å². The summed E-state index contributed by atoms with van der Waals surface area (Å²) in [6.07, 6.45) is 0.0471. The Kier molecular flexibility index (Phi) is 12.1. The lowest BCUT2D eigenvalue weighted by Crippen LogP contribution is -2.57.